The minimum atomic E-state index is -0.813. The first-order valence-electron chi connectivity index (χ1n) is 8.81. The summed E-state index contributed by atoms with van der Waals surface area (Å²) < 4.78 is 22.8. The maximum Gasteiger partial charge on any atom is 0.414 e. The molecule has 148 valence electrons. The fraction of sp³-hybridized carbons (Fsp3) is 0.778. The minimum Gasteiger partial charge on any atom is -0.443 e. The van der Waals surface area contributed by atoms with E-state index in [2.05, 4.69) is 5.32 Å². The van der Waals surface area contributed by atoms with Crippen LogP contribution in [0.5, 0.6) is 0 Å². The molecule has 0 radical (unpaired) electrons. The van der Waals surface area contributed by atoms with E-state index in [-0.39, 0.29) is 29.6 Å². The number of carbonyl (C=O) groups excluding carboxylic acids is 2. The Bertz CT molecular complexity index is 544. The van der Waals surface area contributed by atoms with Crippen LogP contribution in [-0.4, -0.2) is 62.1 Å². The molecule has 7 nitrogen and oxygen atoms in total. The first-order valence-corrected chi connectivity index (χ1v) is 9.34. The third-order valence-corrected chi connectivity index (χ3v) is 5.19. The molecule has 8 heteroatoms. The Morgan fingerprint density at radius 3 is 2.65 bits per heavy atom. The van der Waals surface area contributed by atoms with Crippen molar-refractivity contribution in [3.05, 3.63) is 11.6 Å². The van der Waals surface area contributed by atoms with Gasteiger partial charge in [-0.3, -0.25) is 10.1 Å². The molecule has 2 aliphatic rings. The highest BCUT2D eigenvalue weighted by Crippen LogP contribution is 2.49. The van der Waals surface area contributed by atoms with Crippen LogP contribution in [0.1, 0.15) is 33.6 Å². The van der Waals surface area contributed by atoms with E-state index < -0.39 is 18.1 Å². The molecular formula is C18H28ClNO6. The van der Waals surface area contributed by atoms with Crippen LogP contribution in [0.15, 0.2) is 11.6 Å². The summed E-state index contributed by atoms with van der Waals surface area (Å²) in [5, 5.41) is 2.09. The number of amides is 2. The number of imide groups is 1. The fourth-order valence-corrected chi connectivity index (χ4v) is 3.65. The van der Waals surface area contributed by atoms with Gasteiger partial charge in [-0.1, -0.05) is 11.6 Å². The molecule has 2 rings (SSSR count). The third kappa shape index (κ3) is 5.19. The van der Waals surface area contributed by atoms with Crippen molar-refractivity contribution >= 4 is 23.6 Å². The highest BCUT2D eigenvalue weighted by Gasteiger charge is 2.61. The molecule has 0 aromatic heterocycles. The quantitative estimate of drug-likeness (QED) is 0.409. The van der Waals surface area contributed by atoms with Gasteiger partial charge in [-0.05, 0) is 33.6 Å². The van der Waals surface area contributed by atoms with Crippen LogP contribution in [0.4, 0.5) is 4.79 Å². The lowest BCUT2D eigenvalue weighted by atomic mass is 9.73. The van der Waals surface area contributed by atoms with Crippen molar-refractivity contribution in [3.8, 4) is 0 Å². The normalized spacial score (nSPS) is 31.2. The van der Waals surface area contributed by atoms with Crippen LogP contribution in [0.2, 0.25) is 0 Å². The van der Waals surface area contributed by atoms with E-state index in [4.69, 9.17) is 30.5 Å². The summed E-state index contributed by atoms with van der Waals surface area (Å²) in [5.41, 5.74) is 0.899. The zero-order valence-electron chi connectivity index (χ0n) is 15.7. The second-order valence-corrected chi connectivity index (χ2v) is 7.33. The number of alkyl carbamates (subject to hydrolysis) is 1. The summed E-state index contributed by atoms with van der Waals surface area (Å²) in [5.74, 6) is -0.978. The van der Waals surface area contributed by atoms with E-state index in [9.17, 15) is 9.59 Å². The van der Waals surface area contributed by atoms with E-state index >= 15 is 0 Å². The number of hydrogen-bond acceptors (Lipinski definition) is 6. The van der Waals surface area contributed by atoms with Gasteiger partial charge in [-0.2, -0.15) is 0 Å². The summed E-state index contributed by atoms with van der Waals surface area (Å²) in [6, 6.07) is 0. The number of ether oxygens (including phenoxy) is 4. The summed E-state index contributed by atoms with van der Waals surface area (Å²) in [7, 11) is 1.58. The van der Waals surface area contributed by atoms with Crippen molar-refractivity contribution in [2.45, 2.75) is 57.5 Å². The Labute approximate surface area is 159 Å². The Kier molecular flexibility index (Phi) is 7.46. The molecule has 0 aromatic carbocycles. The second kappa shape index (κ2) is 9.17. The number of hydrogen-bond donors (Lipinski definition) is 1. The molecule has 1 spiro atoms. The van der Waals surface area contributed by atoms with Crippen molar-refractivity contribution in [1.82, 2.24) is 5.32 Å². The molecule has 1 aliphatic heterocycles. The molecule has 1 aliphatic carbocycles. The monoisotopic (exact) mass is 389 g/mol. The summed E-state index contributed by atoms with van der Waals surface area (Å²) in [4.78, 5) is 23.2. The number of nitrogens with one attached hydrogen (secondary N) is 1. The average molecular weight is 390 g/mol. The molecule has 26 heavy (non-hydrogen) atoms. The zero-order chi connectivity index (χ0) is 19.3. The smallest absolute Gasteiger partial charge is 0.414 e. The van der Waals surface area contributed by atoms with Crippen LogP contribution in [0.25, 0.3) is 0 Å². The van der Waals surface area contributed by atoms with Gasteiger partial charge in [0.25, 0.3) is 0 Å². The number of methoxy groups -OCH3 is 1. The van der Waals surface area contributed by atoms with E-state index in [0.29, 0.717) is 19.6 Å². The van der Waals surface area contributed by atoms with Gasteiger partial charge in [-0.15, -0.1) is 11.6 Å². The first-order chi connectivity index (χ1) is 12.3. The summed E-state index contributed by atoms with van der Waals surface area (Å²) in [6.07, 6.45) is 1.53. The third-order valence-electron chi connectivity index (χ3n) is 4.94. The van der Waals surface area contributed by atoms with Gasteiger partial charge in [0, 0.05) is 13.0 Å². The molecule has 1 heterocycles. The summed E-state index contributed by atoms with van der Waals surface area (Å²) in [6.45, 7) is 7.17. The highest BCUT2D eigenvalue weighted by molar-refractivity contribution is 6.28. The SMILES string of the molecule is COC1C(OC(=O)NC(=O)CCl)CCC2(CO2)C1C(C)OCC=C(C)C. The van der Waals surface area contributed by atoms with Crippen LogP contribution in [0.3, 0.4) is 0 Å². The lowest BCUT2D eigenvalue weighted by Crippen LogP contribution is -2.55. The Morgan fingerprint density at radius 1 is 1.42 bits per heavy atom. The molecule has 5 unspecified atom stereocenters. The molecule has 2 amide bonds. The Hall–Kier alpha value is -1.15. The average Bonchev–Trinajstić information content (AvgIpc) is 3.35. The topological polar surface area (TPSA) is 86.4 Å². The Balaban J connectivity index is 2.05. The van der Waals surface area contributed by atoms with Gasteiger partial charge < -0.3 is 18.9 Å². The number of allylic oxidation sites excluding steroid dienone is 1. The van der Waals surface area contributed by atoms with Crippen molar-refractivity contribution < 1.29 is 28.5 Å². The minimum absolute atomic E-state index is 0.0756. The van der Waals surface area contributed by atoms with Crippen molar-refractivity contribution in [2.24, 2.45) is 5.92 Å². The first kappa shape index (κ1) is 21.2. The highest BCUT2D eigenvalue weighted by atomic mass is 35.5. The molecule has 1 saturated heterocycles. The number of rotatable bonds is 7. The fourth-order valence-electron chi connectivity index (χ4n) is 3.58. The molecule has 5 atom stereocenters. The predicted octanol–water partition coefficient (Wildman–Crippen LogP) is 2.41. The van der Waals surface area contributed by atoms with Gasteiger partial charge in [0.05, 0.1) is 24.9 Å². The maximum absolute atomic E-state index is 11.9. The van der Waals surface area contributed by atoms with Gasteiger partial charge in [-0.25, -0.2) is 4.79 Å². The largest absolute Gasteiger partial charge is 0.443 e. The lowest BCUT2D eigenvalue weighted by Gasteiger charge is -2.42. The van der Waals surface area contributed by atoms with E-state index in [1.54, 1.807) is 7.11 Å². The molecule has 1 N–H and O–H groups in total. The predicted molar refractivity (Wildman–Crippen MR) is 96.2 cm³/mol. The number of carbonyl (C=O) groups is 2. The van der Waals surface area contributed by atoms with E-state index in [1.165, 1.54) is 5.57 Å². The number of halogens is 1. The second-order valence-electron chi connectivity index (χ2n) is 7.06. The zero-order valence-corrected chi connectivity index (χ0v) is 16.5. The van der Waals surface area contributed by atoms with Crippen molar-refractivity contribution in [1.29, 1.82) is 0 Å². The van der Waals surface area contributed by atoms with Crippen molar-refractivity contribution in [2.75, 3.05) is 26.2 Å². The van der Waals surface area contributed by atoms with E-state index in [1.807, 2.05) is 26.8 Å². The van der Waals surface area contributed by atoms with Gasteiger partial charge in [0.15, 0.2) is 0 Å². The number of alkyl halides is 1. The van der Waals surface area contributed by atoms with Gasteiger partial charge in [0.2, 0.25) is 5.91 Å². The van der Waals surface area contributed by atoms with Crippen LogP contribution < -0.4 is 5.32 Å². The number of epoxide rings is 1. The van der Waals surface area contributed by atoms with Gasteiger partial charge >= 0.3 is 6.09 Å². The van der Waals surface area contributed by atoms with Crippen molar-refractivity contribution in [3.63, 3.8) is 0 Å². The molecule has 1 saturated carbocycles. The van der Waals surface area contributed by atoms with E-state index in [0.717, 1.165) is 6.42 Å². The summed E-state index contributed by atoms with van der Waals surface area (Å²) >= 11 is 5.39. The van der Waals surface area contributed by atoms with Crippen LogP contribution in [0, 0.1) is 5.92 Å². The van der Waals surface area contributed by atoms with Gasteiger partial charge in [0.1, 0.15) is 18.1 Å². The molecular weight excluding hydrogens is 362 g/mol. The lowest BCUT2D eigenvalue weighted by molar-refractivity contribution is -0.139. The molecule has 0 bridgehead atoms. The molecule has 0 aromatic rings. The standard InChI is InChI=1S/C18H28ClNO6/c1-11(2)6-8-24-12(3)15-16(23-4)13(5-7-18(15)10-25-18)26-17(22)20-14(21)9-19/h6,12-13,15-16H,5,7-10H2,1-4H3,(H,20,21,22). The van der Waals surface area contributed by atoms with Crippen LogP contribution >= 0.6 is 11.6 Å². The van der Waals surface area contributed by atoms with Crippen LogP contribution in [-0.2, 0) is 23.7 Å². The molecule has 2 fully saturated rings. The Morgan fingerprint density at radius 2 is 2.12 bits per heavy atom. The maximum atomic E-state index is 11.9.